The molecule has 21 heavy (non-hydrogen) atoms. The van der Waals surface area contributed by atoms with Crippen LogP contribution in [0.25, 0.3) is 0 Å². The Kier molecular flexibility index (Phi) is 6.15. The van der Waals surface area contributed by atoms with Crippen LogP contribution in [0.5, 0.6) is 0 Å². The first-order valence-corrected chi connectivity index (χ1v) is 8.10. The van der Waals surface area contributed by atoms with E-state index in [-0.39, 0.29) is 21.9 Å². The van der Waals surface area contributed by atoms with Crippen molar-refractivity contribution in [2.24, 2.45) is 0 Å². The number of hydrogen-bond acceptors (Lipinski definition) is 4. The van der Waals surface area contributed by atoms with Crippen LogP contribution in [0.15, 0.2) is 23.1 Å². The van der Waals surface area contributed by atoms with Crippen LogP contribution in [-0.4, -0.2) is 25.5 Å². The summed E-state index contributed by atoms with van der Waals surface area (Å²) in [4.78, 5) is 10.5. The molecule has 0 fully saturated rings. The Labute approximate surface area is 128 Å². The first-order valence-electron chi connectivity index (χ1n) is 6.24. The zero-order valence-corrected chi connectivity index (χ0v) is 12.9. The fraction of sp³-hybridized carbons (Fsp3) is 0.385. The third-order valence-corrected chi connectivity index (χ3v) is 4.53. The monoisotopic (exact) mass is 330 g/mol. The molecule has 0 bridgehead atoms. The van der Waals surface area contributed by atoms with Crippen molar-refractivity contribution < 1.29 is 18.3 Å². The molecule has 0 spiro atoms. The molecule has 8 heteroatoms. The zero-order chi connectivity index (χ0) is 16.0. The Balaban J connectivity index is 3.13. The van der Waals surface area contributed by atoms with E-state index < -0.39 is 22.0 Å². The highest BCUT2D eigenvalue weighted by atomic mass is 35.5. The Morgan fingerprint density at radius 2 is 2.19 bits per heavy atom. The van der Waals surface area contributed by atoms with Crippen LogP contribution >= 0.6 is 11.6 Å². The molecule has 0 heterocycles. The number of hydrogen-bond donors (Lipinski definition) is 2. The molecule has 0 aromatic heterocycles. The second-order valence-corrected chi connectivity index (χ2v) is 6.58. The lowest BCUT2D eigenvalue weighted by atomic mass is 10.1. The standard InChI is InChI=1S/C13H15ClN2O4S/c1-2-3-11(7-13(17)18)16-21(19,20)12-6-10(14)5-4-9(12)8-15/h4-6,11,16H,2-3,7H2,1H3,(H,17,18). The predicted molar refractivity (Wildman–Crippen MR) is 77.4 cm³/mol. The fourth-order valence-corrected chi connectivity index (χ4v) is 3.54. The van der Waals surface area contributed by atoms with Crippen molar-refractivity contribution in [2.45, 2.75) is 37.1 Å². The predicted octanol–water partition coefficient (Wildman–Crippen LogP) is 2.13. The quantitative estimate of drug-likeness (QED) is 0.796. The van der Waals surface area contributed by atoms with Crippen LogP contribution in [0.4, 0.5) is 0 Å². The van der Waals surface area contributed by atoms with Crippen molar-refractivity contribution in [2.75, 3.05) is 0 Å². The summed E-state index contributed by atoms with van der Waals surface area (Å²) in [7, 11) is -4.01. The third kappa shape index (κ3) is 5.01. The van der Waals surface area contributed by atoms with E-state index in [1.165, 1.54) is 18.2 Å². The van der Waals surface area contributed by atoms with Gasteiger partial charge in [-0.25, -0.2) is 13.1 Å². The minimum absolute atomic E-state index is 0.0440. The number of aliphatic carboxylic acids is 1. The maximum atomic E-state index is 12.3. The van der Waals surface area contributed by atoms with E-state index in [9.17, 15) is 13.2 Å². The molecule has 0 radical (unpaired) electrons. The van der Waals surface area contributed by atoms with Gasteiger partial charge in [0.25, 0.3) is 0 Å². The number of benzene rings is 1. The molecule has 1 atom stereocenters. The summed E-state index contributed by atoms with van der Waals surface area (Å²) in [6, 6.07) is 4.95. The average Bonchev–Trinajstić information content (AvgIpc) is 2.37. The van der Waals surface area contributed by atoms with E-state index in [0.717, 1.165) is 0 Å². The lowest BCUT2D eigenvalue weighted by Gasteiger charge is -2.17. The summed E-state index contributed by atoms with van der Waals surface area (Å²) in [6.07, 6.45) is 0.685. The van der Waals surface area contributed by atoms with E-state index in [1.807, 2.05) is 6.92 Å². The van der Waals surface area contributed by atoms with Crippen molar-refractivity contribution in [1.29, 1.82) is 5.26 Å². The van der Waals surface area contributed by atoms with Crippen LogP contribution in [-0.2, 0) is 14.8 Å². The highest BCUT2D eigenvalue weighted by Crippen LogP contribution is 2.21. The molecule has 1 aromatic rings. The lowest BCUT2D eigenvalue weighted by molar-refractivity contribution is -0.137. The normalized spacial score (nSPS) is 12.6. The van der Waals surface area contributed by atoms with E-state index >= 15 is 0 Å². The number of nitrogens with one attached hydrogen (secondary N) is 1. The second-order valence-electron chi connectivity index (χ2n) is 4.46. The molecule has 2 N–H and O–H groups in total. The number of carboxylic acids is 1. The number of carbonyl (C=O) groups is 1. The van der Waals surface area contributed by atoms with Gasteiger partial charge in [0.15, 0.2) is 0 Å². The average molecular weight is 331 g/mol. The number of halogens is 1. The molecule has 0 aliphatic carbocycles. The van der Waals surface area contributed by atoms with Crippen molar-refractivity contribution in [1.82, 2.24) is 4.72 Å². The largest absolute Gasteiger partial charge is 0.481 e. The second kappa shape index (κ2) is 7.41. The summed E-state index contributed by atoms with van der Waals surface area (Å²) >= 11 is 5.77. The van der Waals surface area contributed by atoms with Crippen LogP contribution < -0.4 is 4.72 Å². The molecule has 1 aromatic carbocycles. The summed E-state index contributed by atoms with van der Waals surface area (Å²) < 4.78 is 27.0. The maximum absolute atomic E-state index is 12.3. The van der Waals surface area contributed by atoms with Gasteiger partial charge in [-0.3, -0.25) is 4.79 Å². The number of carboxylic acid groups (broad SMARTS) is 1. The number of nitriles is 1. The van der Waals surface area contributed by atoms with E-state index in [1.54, 1.807) is 6.07 Å². The third-order valence-electron chi connectivity index (χ3n) is 2.73. The number of nitrogens with zero attached hydrogens (tertiary/aromatic N) is 1. The summed E-state index contributed by atoms with van der Waals surface area (Å²) in [5.74, 6) is -1.09. The highest BCUT2D eigenvalue weighted by Gasteiger charge is 2.24. The summed E-state index contributed by atoms with van der Waals surface area (Å²) in [5, 5.41) is 18.0. The van der Waals surface area contributed by atoms with Gasteiger partial charge in [0, 0.05) is 11.1 Å². The van der Waals surface area contributed by atoms with Gasteiger partial charge in [0.2, 0.25) is 10.0 Å². The van der Waals surface area contributed by atoms with E-state index in [4.69, 9.17) is 22.0 Å². The van der Waals surface area contributed by atoms with Gasteiger partial charge in [-0.15, -0.1) is 0 Å². The molecule has 1 rings (SSSR count). The van der Waals surface area contributed by atoms with Gasteiger partial charge < -0.3 is 5.11 Å². The van der Waals surface area contributed by atoms with Gasteiger partial charge in [0.1, 0.15) is 11.0 Å². The molecular weight excluding hydrogens is 316 g/mol. The molecule has 6 nitrogen and oxygen atoms in total. The molecule has 0 aliphatic rings. The van der Waals surface area contributed by atoms with Crippen LogP contribution in [0, 0.1) is 11.3 Å². The van der Waals surface area contributed by atoms with Gasteiger partial charge in [-0.05, 0) is 24.6 Å². The zero-order valence-electron chi connectivity index (χ0n) is 11.3. The van der Waals surface area contributed by atoms with Gasteiger partial charge >= 0.3 is 5.97 Å². The lowest BCUT2D eigenvalue weighted by Crippen LogP contribution is -2.36. The van der Waals surface area contributed by atoms with Crippen LogP contribution in [0.1, 0.15) is 31.7 Å². The number of sulfonamides is 1. The molecule has 0 saturated carbocycles. The van der Waals surface area contributed by atoms with Crippen molar-refractivity contribution in [3.8, 4) is 6.07 Å². The smallest absolute Gasteiger partial charge is 0.304 e. The Bertz CT molecular complexity index is 667. The van der Waals surface area contributed by atoms with Gasteiger partial charge in [-0.1, -0.05) is 24.9 Å². The molecule has 0 amide bonds. The first-order chi connectivity index (χ1) is 9.80. The molecule has 114 valence electrons. The molecule has 0 aliphatic heterocycles. The van der Waals surface area contributed by atoms with Crippen LogP contribution in [0.3, 0.4) is 0 Å². The fourth-order valence-electron chi connectivity index (χ4n) is 1.86. The Morgan fingerprint density at radius 3 is 2.71 bits per heavy atom. The minimum atomic E-state index is -4.01. The topological polar surface area (TPSA) is 107 Å². The maximum Gasteiger partial charge on any atom is 0.304 e. The highest BCUT2D eigenvalue weighted by molar-refractivity contribution is 7.89. The van der Waals surface area contributed by atoms with Gasteiger partial charge in [-0.2, -0.15) is 5.26 Å². The van der Waals surface area contributed by atoms with Crippen molar-refractivity contribution in [3.63, 3.8) is 0 Å². The first kappa shape index (κ1) is 17.4. The van der Waals surface area contributed by atoms with Crippen molar-refractivity contribution >= 4 is 27.6 Å². The number of rotatable bonds is 7. The SMILES string of the molecule is CCCC(CC(=O)O)NS(=O)(=O)c1cc(Cl)ccc1C#N. The summed E-state index contributed by atoms with van der Waals surface area (Å²) in [5.41, 5.74) is -0.0440. The van der Waals surface area contributed by atoms with Crippen LogP contribution in [0.2, 0.25) is 5.02 Å². The molecule has 1 unspecified atom stereocenters. The van der Waals surface area contributed by atoms with E-state index in [2.05, 4.69) is 4.72 Å². The Morgan fingerprint density at radius 1 is 1.52 bits per heavy atom. The van der Waals surface area contributed by atoms with Crippen molar-refractivity contribution in [3.05, 3.63) is 28.8 Å². The Hall–Kier alpha value is -1.62. The molecule has 0 saturated heterocycles. The summed E-state index contributed by atoms with van der Waals surface area (Å²) in [6.45, 7) is 1.82. The molecular formula is C13H15ClN2O4S. The minimum Gasteiger partial charge on any atom is -0.481 e. The van der Waals surface area contributed by atoms with Gasteiger partial charge in [0.05, 0.1) is 12.0 Å². The van der Waals surface area contributed by atoms with E-state index in [0.29, 0.717) is 12.8 Å².